The van der Waals surface area contributed by atoms with Crippen molar-refractivity contribution in [2.45, 2.75) is 6.54 Å². The lowest BCUT2D eigenvalue weighted by molar-refractivity contribution is 0.0966. The molecule has 0 radical (unpaired) electrons. The lowest BCUT2D eigenvalue weighted by Crippen LogP contribution is -2.44. The predicted molar refractivity (Wildman–Crippen MR) is 126 cm³/mol. The molecule has 4 aromatic rings. The summed E-state index contributed by atoms with van der Waals surface area (Å²) in [6, 6.07) is 12.4. The van der Waals surface area contributed by atoms with Crippen LogP contribution in [0.5, 0.6) is 0 Å². The molecule has 0 bridgehead atoms. The summed E-state index contributed by atoms with van der Waals surface area (Å²) in [4.78, 5) is 29.2. The zero-order chi connectivity index (χ0) is 21.7. The average Bonchev–Trinajstić information content (AvgIpc) is 3.42. The van der Waals surface area contributed by atoms with Gasteiger partial charge in [0.15, 0.2) is 0 Å². The highest BCUT2D eigenvalue weighted by Gasteiger charge is 2.20. The fourth-order valence-corrected chi connectivity index (χ4v) is 4.61. The van der Waals surface area contributed by atoms with Crippen LogP contribution in [0.15, 0.2) is 55.0 Å². The van der Waals surface area contributed by atoms with Crippen molar-refractivity contribution in [2.24, 2.45) is 0 Å². The Hall–Kier alpha value is -3.71. The van der Waals surface area contributed by atoms with Crippen molar-refractivity contribution in [2.75, 3.05) is 38.1 Å². The molecule has 2 aliphatic heterocycles. The number of carbonyl (C=O) groups excluding carboxylic acids is 1. The maximum absolute atomic E-state index is 11.9. The number of H-pyrrole nitrogens is 1. The van der Waals surface area contributed by atoms with Gasteiger partial charge in [0.05, 0.1) is 0 Å². The molecule has 2 N–H and O–H groups in total. The van der Waals surface area contributed by atoms with E-state index in [1.165, 1.54) is 0 Å². The molecule has 0 spiro atoms. The quantitative estimate of drug-likeness (QED) is 0.528. The maximum atomic E-state index is 11.9. The van der Waals surface area contributed by atoms with Gasteiger partial charge in [0.2, 0.25) is 0 Å². The molecule has 7 nitrogen and oxygen atoms in total. The van der Waals surface area contributed by atoms with Gasteiger partial charge in [-0.2, -0.15) is 0 Å². The number of amides is 1. The molecule has 6 rings (SSSR count). The number of likely N-dealkylation sites (N-methyl/N-ethyl adjacent to an activating group) is 1. The van der Waals surface area contributed by atoms with Crippen LogP contribution in [0.3, 0.4) is 0 Å². The zero-order valence-electron chi connectivity index (χ0n) is 17.9. The molecule has 0 atom stereocenters. The van der Waals surface area contributed by atoms with E-state index >= 15 is 0 Å². The number of carbonyl (C=O) groups is 1. The van der Waals surface area contributed by atoms with Crippen molar-refractivity contribution < 1.29 is 4.79 Å². The summed E-state index contributed by atoms with van der Waals surface area (Å²) in [7, 11) is 2.16. The number of anilines is 1. The van der Waals surface area contributed by atoms with E-state index in [-0.39, 0.29) is 5.91 Å². The molecule has 1 amide bonds. The summed E-state index contributed by atoms with van der Waals surface area (Å²) in [6.45, 7) is 4.66. The molecular formula is C25H24N6O. The van der Waals surface area contributed by atoms with Crippen LogP contribution in [0.25, 0.3) is 33.3 Å². The Morgan fingerprint density at radius 1 is 0.906 bits per heavy atom. The fourth-order valence-electron chi connectivity index (χ4n) is 4.61. The fraction of sp³-hybridized carbons (Fsp3) is 0.240. The molecule has 0 aliphatic carbocycles. The second-order valence-corrected chi connectivity index (χ2v) is 8.57. The molecule has 160 valence electrons. The molecule has 1 saturated heterocycles. The van der Waals surface area contributed by atoms with Crippen LogP contribution in [0.1, 0.15) is 15.9 Å². The SMILES string of the molecule is CN1CCN(c2cc(-c3cnc4[nH]cc(-c5ccc6c(c5)CNC6=O)c4c3)ccn2)CC1. The van der Waals surface area contributed by atoms with Crippen molar-refractivity contribution in [1.29, 1.82) is 0 Å². The summed E-state index contributed by atoms with van der Waals surface area (Å²) in [5.74, 6) is 1.02. The number of piperazine rings is 1. The van der Waals surface area contributed by atoms with E-state index in [2.05, 4.69) is 55.3 Å². The normalized spacial score (nSPS) is 16.4. The molecule has 5 heterocycles. The third-order valence-electron chi connectivity index (χ3n) is 6.54. The average molecular weight is 425 g/mol. The van der Waals surface area contributed by atoms with E-state index in [4.69, 9.17) is 0 Å². The first-order chi connectivity index (χ1) is 15.7. The van der Waals surface area contributed by atoms with Crippen LogP contribution in [0, 0.1) is 0 Å². The number of fused-ring (bicyclic) bond motifs is 2. The van der Waals surface area contributed by atoms with Gasteiger partial charge in [-0.15, -0.1) is 0 Å². The summed E-state index contributed by atoms with van der Waals surface area (Å²) in [5.41, 5.74) is 7.00. The highest BCUT2D eigenvalue weighted by atomic mass is 16.1. The van der Waals surface area contributed by atoms with Crippen LogP contribution >= 0.6 is 0 Å². The standard InChI is InChI=1S/C25H24N6O/c1-30-6-8-31(9-7-30)23-12-16(4-5-26-23)18-11-21-22(15-28-24(21)27-13-18)17-2-3-20-19(10-17)14-29-25(20)32/h2-5,10-13,15H,6-9,14H2,1H3,(H,27,28)(H,29,32). The molecule has 1 aromatic carbocycles. The Morgan fingerprint density at radius 3 is 2.66 bits per heavy atom. The molecule has 2 aliphatic rings. The number of benzene rings is 1. The minimum atomic E-state index is 0.00303. The number of aromatic nitrogens is 3. The third-order valence-corrected chi connectivity index (χ3v) is 6.54. The van der Waals surface area contributed by atoms with E-state index in [1.807, 2.05) is 36.8 Å². The topological polar surface area (TPSA) is 77.1 Å². The maximum Gasteiger partial charge on any atom is 0.251 e. The monoisotopic (exact) mass is 424 g/mol. The number of rotatable bonds is 3. The smallest absolute Gasteiger partial charge is 0.251 e. The molecule has 0 unspecified atom stereocenters. The second kappa shape index (κ2) is 7.46. The van der Waals surface area contributed by atoms with E-state index in [0.29, 0.717) is 6.54 Å². The second-order valence-electron chi connectivity index (χ2n) is 8.57. The van der Waals surface area contributed by atoms with Gasteiger partial charge >= 0.3 is 0 Å². The van der Waals surface area contributed by atoms with E-state index in [1.54, 1.807) is 0 Å². The Labute approximate surface area is 186 Å². The van der Waals surface area contributed by atoms with Gasteiger partial charge in [0, 0.05) is 73.4 Å². The third kappa shape index (κ3) is 3.22. The minimum absolute atomic E-state index is 0.00303. The van der Waals surface area contributed by atoms with Gasteiger partial charge in [-0.05, 0) is 54.1 Å². The minimum Gasteiger partial charge on any atom is -0.354 e. The lowest BCUT2D eigenvalue weighted by Gasteiger charge is -2.33. The number of nitrogens with one attached hydrogen (secondary N) is 2. The Bertz CT molecular complexity index is 1340. The molecule has 1 fully saturated rings. The largest absolute Gasteiger partial charge is 0.354 e. The summed E-state index contributed by atoms with van der Waals surface area (Å²) < 4.78 is 0. The van der Waals surface area contributed by atoms with Crippen molar-refractivity contribution in [1.82, 2.24) is 25.2 Å². The van der Waals surface area contributed by atoms with Crippen LogP contribution < -0.4 is 10.2 Å². The van der Waals surface area contributed by atoms with E-state index in [9.17, 15) is 4.79 Å². The van der Waals surface area contributed by atoms with E-state index in [0.717, 1.165) is 76.4 Å². The zero-order valence-corrected chi connectivity index (χ0v) is 17.9. The predicted octanol–water partition coefficient (Wildman–Crippen LogP) is 3.29. The van der Waals surface area contributed by atoms with Gasteiger partial charge in [-0.25, -0.2) is 9.97 Å². The van der Waals surface area contributed by atoms with Crippen molar-refractivity contribution in [3.8, 4) is 22.3 Å². The Balaban J connectivity index is 1.37. The van der Waals surface area contributed by atoms with Crippen LogP contribution in [-0.2, 0) is 6.54 Å². The molecule has 7 heteroatoms. The van der Waals surface area contributed by atoms with Gasteiger partial charge < -0.3 is 20.1 Å². The molecule has 32 heavy (non-hydrogen) atoms. The van der Waals surface area contributed by atoms with E-state index < -0.39 is 0 Å². The van der Waals surface area contributed by atoms with Crippen LogP contribution in [-0.4, -0.2) is 59.0 Å². The van der Waals surface area contributed by atoms with Crippen molar-refractivity contribution in [3.05, 3.63) is 66.1 Å². The highest BCUT2D eigenvalue weighted by molar-refractivity contribution is 6.00. The highest BCUT2D eigenvalue weighted by Crippen LogP contribution is 2.33. The van der Waals surface area contributed by atoms with Gasteiger partial charge in [-0.3, -0.25) is 4.79 Å². The number of aromatic amines is 1. The van der Waals surface area contributed by atoms with Gasteiger partial charge in [0.1, 0.15) is 11.5 Å². The Kier molecular flexibility index (Phi) is 4.43. The first-order valence-corrected chi connectivity index (χ1v) is 10.9. The van der Waals surface area contributed by atoms with Gasteiger partial charge in [0.25, 0.3) is 5.91 Å². The molecular weight excluding hydrogens is 400 g/mol. The molecule has 0 saturated carbocycles. The first-order valence-electron chi connectivity index (χ1n) is 10.9. The van der Waals surface area contributed by atoms with Crippen LogP contribution in [0.4, 0.5) is 5.82 Å². The number of pyridine rings is 2. The Morgan fingerprint density at radius 2 is 1.78 bits per heavy atom. The number of hydrogen-bond acceptors (Lipinski definition) is 5. The van der Waals surface area contributed by atoms with Crippen molar-refractivity contribution >= 4 is 22.8 Å². The lowest BCUT2D eigenvalue weighted by atomic mass is 9.99. The first kappa shape index (κ1) is 19.0. The summed E-state index contributed by atoms with van der Waals surface area (Å²) in [6.07, 6.45) is 5.79. The van der Waals surface area contributed by atoms with Crippen molar-refractivity contribution in [3.63, 3.8) is 0 Å². The number of hydrogen-bond donors (Lipinski definition) is 2. The summed E-state index contributed by atoms with van der Waals surface area (Å²) in [5, 5.41) is 3.96. The summed E-state index contributed by atoms with van der Waals surface area (Å²) >= 11 is 0. The van der Waals surface area contributed by atoms with Gasteiger partial charge in [-0.1, -0.05) is 6.07 Å². The molecule has 3 aromatic heterocycles. The number of nitrogens with zero attached hydrogens (tertiary/aromatic N) is 4. The van der Waals surface area contributed by atoms with Crippen LogP contribution in [0.2, 0.25) is 0 Å².